The van der Waals surface area contributed by atoms with Crippen LogP contribution in [0.2, 0.25) is 0 Å². The van der Waals surface area contributed by atoms with Gasteiger partial charge in [-0.2, -0.15) is 0 Å². The molecular formula is C19H20FN7. The average Bonchev–Trinajstić information content (AvgIpc) is 2.71. The lowest BCUT2D eigenvalue weighted by molar-refractivity contribution is 0.624. The van der Waals surface area contributed by atoms with Crippen LogP contribution in [0.3, 0.4) is 0 Å². The van der Waals surface area contributed by atoms with Crippen LogP contribution in [0.15, 0.2) is 55.1 Å². The van der Waals surface area contributed by atoms with Gasteiger partial charge in [-0.25, -0.2) is 14.4 Å². The molecule has 1 saturated heterocycles. The van der Waals surface area contributed by atoms with Gasteiger partial charge < -0.3 is 20.9 Å². The number of pyridine rings is 1. The fraction of sp³-hybridized carbons (Fsp3) is 0.211. The molecular weight excluding hydrogens is 345 g/mol. The summed E-state index contributed by atoms with van der Waals surface area (Å²) < 4.78 is 13.1. The Balaban J connectivity index is 1.46. The molecule has 138 valence electrons. The smallest absolute Gasteiger partial charge is 0.159 e. The molecule has 0 aliphatic carbocycles. The van der Waals surface area contributed by atoms with Crippen molar-refractivity contribution in [3.05, 3.63) is 60.9 Å². The predicted octanol–water partition coefficient (Wildman–Crippen LogP) is 2.66. The lowest BCUT2D eigenvalue weighted by Crippen LogP contribution is -2.47. The number of nitrogen functional groups attached to an aromatic ring is 1. The number of halogens is 1. The summed E-state index contributed by atoms with van der Waals surface area (Å²) in [5.41, 5.74) is 8.66. The molecule has 8 heteroatoms. The summed E-state index contributed by atoms with van der Waals surface area (Å²) in [4.78, 5) is 17.1. The van der Waals surface area contributed by atoms with Crippen LogP contribution in [-0.2, 0) is 0 Å². The highest BCUT2D eigenvalue weighted by molar-refractivity contribution is 5.78. The molecule has 1 aliphatic heterocycles. The van der Waals surface area contributed by atoms with E-state index in [1.54, 1.807) is 24.5 Å². The lowest BCUT2D eigenvalue weighted by Gasteiger charge is -2.37. The summed E-state index contributed by atoms with van der Waals surface area (Å²) in [5.74, 6) is 1.06. The first-order chi connectivity index (χ1) is 13.2. The van der Waals surface area contributed by atoms with Gasteiger partial charge >= 0.3 is 0 Å². The highest BCUT2D eigenvalue weighted by atomic mass is 19.1. The molecule has 1 aliphatic rings. The second kappa shape index (κ2) is 7.45. The van der Waals surface area contributed by atoms with E-state index in [1.165, 1.54) is 18.5 Å². The first-order valence-corrected chi connectivity index (χ1v) is 8.74. The maximum absolute atomic E-state index is 13.1. The Bertz CT molecular complexity index is 894. The van der Waals surface area contributed by atoms with Gasteiger partial charge in [-0.1, -0.05) is 0 Å². The van der Waals surface area contributed by atoms with Crippen molar-refractivity contribution < 1.29 is 4.39 Å². The molecule has 1 fully saturated rings. The molecule has 3 heterocycles. The van der Waals surface area contributed by atoms with Gasteiger partial charge in [-0.15, -0.1) is 0 Å². The summed E-state index contributed by atoms with van der Waals surface area (Å²) in [5, 5.41) is 3.18. The van der Waals surface area contributed by atoms with E-state index in [-0.39, 0.29) is 5.82 Å². The quantitative estimate of drug-likeness (QED) is 0.735. The Hall–Kier alpha value is -3.42. The van der Waals surface area contributed by atoms with E-state index in [0.717, 1.165) is 43.4 Å². The fourth-order valence-electron chi connectivity index (χ4n) is 3.14. The number of piperazine rings is 1. The van der Waals surface area contributed by atoms with E-state index in [0.29, 0.717) is 11.5 Å². The number of hydrogen-bond acceptors (Lipinski definition) is 7. The zero-order chi connectivity index (χ0) is 18.6. The minimum Gasteiger partial charge on any atom is -0.393 e. The Morgan fingerprint density at radius 2 is 1.70 bits per heavy atom. The van der Waals surface area contributed by atoms with Gasteiger partial charge in [0.1, 0.15) is 17.8 Å². The van der Waals surface area contributed by atoms with E-state index in [1.807, 2.05) is 12.1 Å². The predicted molar refractivity (Wildman–Crippen MR) is 105 cm³/mol. The van der Waals surface area contributed by atoms with Crippen molar-refractivity contribution in [3.8, 4) is 0 Å². The second-order valence-electron chi connectivity index (χ2n) is 6.28. The molecule has 0 radical (unpaired) electrons. The van der Waals surface area contributed by atoms with Crippen molar-refractivity contribution >= 4 is 28.7 Å². The Labute approximate surface area is 156 Å². The molecule has 0 saturated carbocycles. The van der Waals surface area contributed by atoms with Crippen molar-refractivity contribution in [3.63, 3.8) is 0 Å². The average molecular weight is 365 g/mol. The summed E-state index contributed by atoms with van der Waals surface area (Å²) in [7, 11) is 0. The summed E-state index contributed by atoms with van der Waals surface area (Å²) in [6.45, 7) is 3.15. The molecule has 3 aromatic rings. The SMILES string of the molecule is Nc1c(Nc2cccnc2)ncnc1N1CCN(c2ccc(F)cc2)CC1. The van der Waals surface area contributed by atoms with Crippen LogP contribution < -0.4 is 20.9 Å². The summed E-state index contributed by atoms with van der Waals surface area (Å²) in [6, 6.07) is 10.3. The van der Waals surface area contributed by atoms with E-state index in [9.17, 15) is 4.39 Å². The van der Waals surface area contributed by atoms with Crippen molar-refractivity contribution in [2.75, 3.05) is 47.0 Å². The monoisotopic (exact) mass is 365 g/mol. The third-order valence-corrected chi connectivity index (χ3v) is 4.56. The van der Waals surface area contributed by atoms with Gasteiger partial charge in [0.05, 0.1) is 11.9 Å². The molecule has 0 unspecified atom stereocenters. The van der Waals surface area contributed by atoms with Gasteiger partial charge in [0.2, 0.25) is 0 Å². The van der Waals surface area contributed by atoms with E-state index in [2.05, 4.69) is 30.1 Å². The normalized spacial score (nSPS) is 14.3. The molecule has 0 atom stereocenters. The largest absolute Gasteiger partial charge is 0.393 e. The van der Waals surface area contributed by atoms with Crippen LogP contribution in [0.25, 0.3) is 0 Å². The highest BCUT2D eigenvalue weighted by Crippen LogP contribution is 2.29. The number of benzene rings is 1. The Morgan fingerprint density at radius 3 is 2.41 bits per heavy atom. The van der Waals surface area contributed by atoms with Crippen LogP contribution >= 0.6 is 0 Å². The van der Waals surface area contributed by atoms with Gasteiger partial charge in [0, 0.05) is 38.1 Å². The number of aromatic nitrogens is 3. The zero-order valence-corrected chi connectivity index (χ0v) is 14.7. The Kier molecular flexibility index (Phi) is 4.69. The van der Waals surface area contributed by atoms with Gasteiger partial charge in [-0.05, 0) is 36.4 Å². The first kappa shape index (κ1) is 17.0. The first-order valence-electron chi connectivity index (χ1n) is 8.74. The molecule has 0 bridgehead atoms. The van der Waals surface area contributed by atoms with Crippen LogP contribution in [0.4, 0.5) is 33.1 Å². The van der Waals surface area contributed by atoms with Gasteiger partial charge in [-0.3, -0.25) is 4.98 Å². The third-order valence-electron chi connectivity index (χ3n) is 4.56. The van der Waals surface area contributed by atoms with Crippen molar-refractivity contribution in [2.45, 2.75) is 0 Å². The van der Waals surface area contributed by atoms with E-state index < -0.39 is 0 Å². The number of nitrogens with two attached hydrogens (primary N) is 1. The minimum absolute atomic E-state index is 0.222. The van der Waals surface area contributed by atoms with Gasteiger partial charge in [0.15, 0.2) is 11.6 Å². The number of rotatable bonds is 4. The number of hydrogen-bond donors (Lipinski definition) is 2. The summed E-state index contributed by atoms with van der Waals surface area (Å²) in [6.07, 6.45) is 4.93. The topological polar surface area (TPSA) is 83.2 Å². The van der Waals surface area contributed by atoms with Crippen molar-refractivity contribution in [2.24, 2.45) is 0 Å². The second-order valence-corrected chi connectivity index (χ2v) is 6.28. The number of nitrogens with one attached hydrogen (secondary N) is 1. The minimum atomic E-state index is -0.222. The zero-order valence-electron chi connectivity index (χ0n) is 14.7. The lowest BCUT2D eigenvalue weighted by atomic mass is 10.2. The standard InChI is InChI=1S/C19H20FN7/c20-14-3-5-16(6-4-14)26-8-10-27(11-9-26)19-17(21)18(23-13-24-19)25-15-2-1-7-22-12-15/h1-7,12-13H,8-11,21H2,(H,23,24,25). The number of nitrogens with zero attached hydrogens (tertiary/aromatic N) is 5. The molecule has 27 heavy (non-hydrogen) atoms. The molecule has 3 N–H and O–H groups in total. The maximum Gasteiger partial charge on any atom is 0.159 e. The number of anilines is 5. The summed E-state index contributed by atoms with van der Waals surface area (Å²) >= 11 is 0. The van der Waals surface area contributed by atoms with Crippen LogP contribution in [-0.4, -0.2) is 41.1 Å². The maximum atomic E-state index is 13.1. The molecule has 4 rings (SSSR count). The van der Waals surface area contributed by atoms with Crippen molar-refractivity contribution in [1.82, 2.24) is 15.0 Å². The van der Waals surface area contributed by atoms with E-state index in [4.69, 9.17) is 5.73 Å². The molecule has 7 nitrogen and oxygen atoms in total. The van der Waals surface area contributed by atoms with E-state index >= 15 is 0 Å². The van der Waals surface area contributed by atoms with Gasteiger partial charge in [0.25, 0.3) is 0 Å². The fourth-order valence-corrected chi connectivity index (χ4v) is 3.14. The van der Waals surface area contributed by atoms with Crippen LogP contribution in [0.1, 0.15) is 0 Å². The molecule has 0 spiro atoms. The molecule has 1 aromatic carbocycles. The molecule has 0 amide bonds. The third kappa shape index (κ3) is 3.74. The van der Waals surface area contributed by atoms with Crippen LogP contribution in [0.5, 0.6) is 0 Å². The highest BCUT2D eigenvalue weighted by Gasteiger charge is 2.21. The molecule has 2 aromatic heterocycles. The Morgan fingerprint density at radius 1 is 0.963 bits per heavy atom. The van der Waals surface area contributed by atoms with Crippen LogP contribution in [0, 0.1) is 5.82 Å². The van der Waals surface area contributed by atoms with Crippen molar-refractivity contribution in [1.29, 1.82) is 0 Å².